The van der Waals surface area contributed by atoms with E-state index < -0.39 is 0 Å². The average molecular weight is 244 g/mol. The monoisotopic (exact) mass is 244 g/mol. The minimum atomic E-state index is 0.585. The van der Waals surface area contributed by atoms with E-state index in [9.17, 15) is 0 Å². The third kappa shape index (κ3) is 2.08. The van der Waals surface area contributed by atoms with Crippen LogP contribution in [-0.2, 0) is 6.42 Å². The summed E-state index contributed by atoms with van der Waals surface area (Å²) in [6.45, 7) is 3.00. The molecule has 0 bridgehead atoms. The van der Waals surface area contributed by atoms with Crippen molar-refractivity contribution in [3.8, 4) is 0 Å². The second-order valence-corrected chi connectivity index (χ2v) is 6.06. The number of rotatable bonds is 4. The SMILES string of the molecule is Cc1ccc2c(c1)C(N(C)C(CN)C1CC1)CC2. The summed E-state index contributed by atoms with van der Waals surface area (Å²) in [5.74, 6) is 0.855. The summed E-state index contributed by atoms with van der Waals surface area (Å²) in [7, 11) is 2.28. The van der Waals surface area contributed by atoms with Crippen LogP contribution in [0.3, 0.4) is 0 Å². The summed E-state index contributed by atoms with van der Waals surface area (Å²) in [6, 6.07) is 8.11. The lowest BCUT2D eigenvalue weighted by Gasteiger charge is -2.33. The summed E-state index contributed by atoms with van der Waals surface area (Å²) in [5.41, 5.74) is 10.5. The molecule has 2 unspecified atom stereocenters. The first-order valence-corrected chi connectivity index (χ1v) is 7.22. The van der Waals surface area contributed by atoms with Crippen molar-refractivity contribution in [3.63, 3.8) is 0 Å². The highest BCUT2D eigenvalue weighted by Gasteiger charge is 2.37. The zero-order chi connectivity index (χ0) is 12.7. The smallest absolute Gasteiger partial charge is 0.0354 e. The lowest BCUT2D eigenvalue weighted by atomic mass is 10.0. The van der Waals surface area contributed by atoms with Crippen molar-refractivity contribution in [1.82, 2.24) is 4.90 Å². The third-order valence-corrected chi connectivity index (χ3v) is 4.77. The van der Waals surface area contributed by atoms with Crippen molar-refractivity contribution < 1.29 is 0 Å². The molecule has 18 heavy (non-hydrogen) atoms. The Morgan fingerprint density at radius 2 is 2.11 bits per heavy atom. The van der Waals surface area contributed by atoms with Crippen LogP contribution >= 0.6 is 0 Å². The number of aryl methyl sites for hydroxylation is 2. The molecular weight excluding hydrogens is 220 g/mol. The molecule has 1 aromatic carbocycles. The molecule has 0 aliphatic heterocycles. The van der Waals surface area contributed by atoms with Gasteiger partial charge in [-0.15, -0.1) is 0 Å². The van der Waals surface area contributed by atoms with Crippen molar-refractivity contribution in [3.05, 3.63) is 34.9 Å². The number of fused-ring (bicyclic) bond motifs is 1. The van der Waals surface area contributed by atoms with Crippen molar-refractivity contribution in [1.29, 1.82) is 0 Å². The van der Waals surface area contributed by atoms with E-state index in [0.717, 1.165) is 12.5 Å². The van der Waals surface area contributed by atoms with Gasteiger partial charge in [0.25, 0.3) is 0 Å². The van der Waals surface area contributed by atoms with Crippen molar-refractivity contribution in [2.24, 2.45) is 11.7 Å². The first-order chi connectivity index (χ1) is 8.70. The molecule has 2 atom stereocenters. The van der Waals surface area contributed by atoms with Gasteiger partial charge in [0.1, 0.15) is 0 Å². The van der Waals surface area contributed by atoms with Crippen molar-refractivity contribution in [2.75, 3.05) is 13.6 Å². The third-order valence-electron chi connectivity index (χ3n) is 4.77. The van der Waals surface area contributed by atoms with Gasteiger partial charge >= 0.3 is 0 Å². The van der Waals surface area contributed by atoms with E-state index in [4.69, 9.17) is 5.73 Å². The van der Waals surface area contributed by atoms with E-state index in [-0.39, 0.29) is 0 Å². The van der Waals surface area contributed by atoms with Gasteiger partial charge in [-0.25, -0.2) is 0 Å². The fourth-order valence-electron chi connectivity index (χ4n) is 3.53. The maximum atomic E-state index is 5.99. The Morgan fingerprint density at radius 3 is 2.78 bits per heavy atom. The van der Waals surface area contributed by atoms with Gasteiger partial charge in [-0.05, 0) is 56.7 Å². The van der Waals surface area contributed by atoms with Crippen LogP contribution in [0.15, 0.2) is 18.2 Å². The molecule has 0 spiro atoms. The van der Waals surface area contributed by atoms with Gasteiger partial charge < -0.3 is 5.73 Å². The minimum absolute atomic E-state index is 0.585. The van der Waals surface area contributed by atoms with Crippen LogP contribution in [0, 0.1) is 12.8 Å². The van der Waals surface area contributed by atoms with Crippen molar-refractivity contribution in [2.45, 2.75) is 44.7 Å². The molecule has 2 aliphatic carbocycles. The van der Waals surface area contributed by atoms with E-state index in [2.05, 4.69) is 37.1 Å². The molecule has 0 heterocycles. The molecule has 98 valence electrons. The zero-order valence-electron chi connectivity index (χ0n) is 11.5. The molecule has 3 rings (SSSR count). The molecule has 0 saturated heterocycles. The number of hydrogen-bond acceptors (Lipinski definition) is 2. The summed E-state index contributed by atoms with van der Waals surface area (Å²) in [6.07, 6.45) is 5.24. The normalized spacial score (nSPS) is 24.3. The van der Waals surface area contributed by atoms with E-state index in [1.807, 2.05) is 0 Å². The zero-order valence-corrected chi connectivity index (χ0v) is 11.5. The predicted molar refractivity (Wildman–Crippen MR) is 75.6 cm³/mol. The fraction of sp³-hybridized carbons (Fsp3) is 0.625. The standard InChI is InChI=1S/C16H24N2/c1-11-3-4-12-7-8-15(14(12)9-11)18(2)16(10-17)13-5-6-13/h3-4,9,13,15-16H,5-8,10,17H2,1-2H3. The van der Waals surface area contributed by atoms with Gasteiger partial charge in [-0.3, -0.25) is 4.90 Å². The Morgan fingerprint density at radius 1 is 1.33 bits per heavy atom. The molecule has 2 aliphatic rings. The Kier molecular flexibility index (Phi) is 3.16. The van der Waals surface area contributed by atoms with Crippen LogP contribution in [0.4, 0.5) is 0 Å². The second kappa shape index (κ2) is 4.67. The molecule has 1 saturated carbocycles. The first kappa shape index (κ1) is 12.2. The fourth-order valence-corrected chi connectivity index (χ4v) is 3.53. The Balaban J connectivity index is 1.84. The van der Waals surface area contributed by atoms with Crippen molar-refractivity contribution >= 4 is 0 Å². The summed E-state index contributed by atoms with van der Waals surface area (Å²) >= 11 is 0. The highest BCUT2D eigenvalue weighted by Crippen LogP contribution is 2.41. The summed E-state index contributed by atoms with van der Waals surface area (Å²) in [4.78, 5) is 2.56. The quantitative estimate of drug-likeness (QED) is 0.882. The lowest BCUT2D eigenvalue weighted by Crippen LogP contribution is -2.41. The van der Waals surface area contributed by atoms with Crippen LogP contribution < -0.4 is 5.73 Å². The van der Waals surface area contributed by atoms with Crippen LogP contribution in [0.5, 0.6) is 0 Å². The maximum Gasteiger partial charge on any atom is 0.0354 e. The van der Waals surface area contributed by atoms with Crippen LogP contribution in [0.25, 0.3) is 0 Å². The molecule has 0 aromatic heterocycles. The summed E-state index contributed by atoms with van der Waals surface area (Å²) < 4.78 is 0. The molecule has 2 nitrogen and oxygen atoms in total. The van der Waals surface area contributed by atoms with Crippen LogP contribution in [0.2, 0.25) is 0 Å². The molecule has 0 radical (unpaired) electrons. The van der Waals surface area contributed by atoms with Gasteiger partial charge in [0, 0.05) is 18.6 Å². The number of hydrogen-bond donors (Lipinski definition) is 1. The number of nitrogens with zero attached hydrogens (tertiary/aromatic N) is 1. The van der Waals surface area contributed by atoms with Gasteiger partial charge in [0.2, 0.25) is 0 Å². The largest absolute Gasteiger partial charge is 0.329 e. The van der Waals surface area contributed by atoms with Gasteiger partial charge in [0.05, 0.1) is 0 Å². The topological polar surface area (TPSA) is 29.3 Å². The van der Waals surface area contributed by atoms with E-state index in [1.54, 1.807) is 11.1 Å². The molecule has 2 N–H and O–H groups in total. The highest BCUT2D eigenvalue weighted by atomic mass is 15.2. The Bertz CT molecular complexity index is 437. The van der Waals surface area contributed by atoms with Crippen LogP contribution in [-0.4, -0.2) is 24.5 Å². The predicted octanol–water partition coefficient (Wildman–Crippen LogP) is 2.65. The molecule has 2 heteroatoms. The second-order valence-electron chi connectivity index (χ2n) is 6.06. The Labute approximate surface area is 110 Å². The molecule has 1 fully saturated rings. The maximum absolute atomic E-state index is 5.99. The van der Waals surface area contributed by atoms with E-state index >= 15 is 0 Å². The molecular formula is C16H24N2. The summed E-state index contributed by atoms with van der Waals surface area (Å²) in [5, 5.41) is 0. The van der Waals surface area contributed by atoms with Gasteiger partial charge in [0.15, 0.2) is 0 Å². The number of nitrogens with two attached hydrogens (primary N) is 1. The minimum Gasteiger partial charge on any atom is -0.329 e. The van der Waals surface area contributed by atoms with Gasteiger partial charge in [-0.1, -0.05) is 23.8 Å². The first-order valence-electron chi connectivity index (χ1n) is 7.22. The van der Waals surface area contributed by atoms with E-state index in [1.165, 1.54) is 31.2 Å². The Hall–Kier alpha value is -0.860. The van der Waals surface area contributed by atoms with Crippen LogP contribution in [0.1, 0.15) is 42.0 Å². The van der Waals surface area contributed by atoms with E-state index in [0.29, 0.717) is 12.1 Å². The number of benzene rings is 1. The lowest BCUT2D eigenvalue weighted by molar-refractivity contribution is 0.159. The number of likely N-dealkylation sites (N-methyl/N-ethyl adjacent to an activating group) is 1. The molecule has 0 amide bonds. The van der Waals surface area contributed by atoms with Gasteiger partial charge in [-0.2, -0.15) is 0 Å². The molecule has 1 aromatic rings. The highest BCUT2D eigenvalue weighted by molar-refractivity contribution is 5.37. The average Bonchev–Trinajstić information content (AvgIpc) is 3.09.